The molecule has 3 N–H and O–H groups in total. The highest BCUT2D eigenvalue weighted by Crippen LogP contribution is 2.29. The molecule has 12 heteroatoms. The number of carbonyl (C=O) groups excluding carboxylic acids is 1. The molecule has 192 valence electrons. The molecule has 1 aliphatic heterocycles. The topological polar surface area (TPSA) is 139 Å². The number of nitrogen functional groups attached to an aromatic ring is 1. The summed E-state index contributed by atoms with van der Waals surface area (Å²) in [4.78, 5) is 42.1. The van der Waals surface area contributed by atoms with Crippen molar-refractivity contribution in [2.45, 2.75) is 63.8 Å². The number of rotatable bonds is 10. The summed E-state index contributed by atoms with van der Waals surface area (Å²) in [7, 11) is -3.88. The molecule has 35 heavy (non-hydrogen) atoms. The van der Waals surface area contributed by atoms with Gasteiger partial charge < -0.3 is 10.6 Å². The summed E-state index contributed by atoms with van der Waals surface area (Å²) in [6, 6.07) is 4.03. The average Bonchev–Trinajstić information content (AvgIpc) is 3.37. The summed E-state index contributed by atoms with van der Waals surface area (Å²) >= 11 is 6.24. The van der Waals surface area contributed by atoms with E-state index in [9.17, 15) is 22.8 Å². The molecule has 1 saturated heterocycles. The lowest BCUT2D eigenvalue weighted by Crippen LogP contribution is -2.41. The minimum atomic E-state index is -3.88. The molecule has 1 aliphatic rings. The van der Waals surface area contributed by atoms with Crippen LogP contribution in [0.5, 0.6) is 0 Å². The van der Waals surface area contributed by atoms with Gasteiger partial charge in [-0.05, 0) is 43.9 Å². The van der Waals surface area contributed by atoms with Crippen molar-refractivity contribution in [3.63, 3.8) is 0 Å². The number of unbranched alkanes of at least 4 members (excludes halogenated alkanes) is 2. The molecule has 0 saturated carbocycles. The minimum Gasteiger partial charge on any atom is -0.383 e. The normalized spacial score (nSPS) is 14.4. The Labute approximate surface area is 209 Å². The highest BCUT2D eigenvalue weighted by atomic mass is 35.5. The van der Waals surface area contributed by atoms with E-state index in [4.69, 9.17) is 17.3 Å². The molecule has 2 aromatic rings. The summed E-state index contributed by atoms with van der Waals surface area (Å²) < 4.78 is 28.9. The van der Waals surface area contributed by atoms with E-state index in [0.717, 1.165) is 25.7 Å². The van der Waals surface area contributed by atoms with Crippen molar-refractivity contribution in [2.24, 2.45) is 0 Å². The largest absolute Gasteiger partial charge is 0.383 e. The number of nitrogens with zero attached hydrogens (tertiary/aromatic N) is 3. The Morgan fingerprint density at radius 1 is 1.14 bits per heavy atom. The quantitative estimate of drug-likeness (QED) is 0.489. The monoisotopic (exact) mass is 525 g/mol. The maximum atomic E-state index is 13.7. The molecule has 2 heterocycles. The molecule has 0 aliphatic carbocycles. The molecule has 0 bridgehead atoms. The molecule has 1 fully saturated rings. The third kappa shape index (κ3) is 5.62. The van der Waals surface area contributed by atoms with Gasteiger partial charge in [0.15, 0.2) is 5.69 Å². The third-order valence-electron chi connectivity index (χ3n) is 6.06. The number of H-pyrrole nitrogens is 1. The predicted octanol–water partition coefficient (Wildman–Crippen LogP) is 2.80. The van der Waals surface area contributed by atoms with Crippen LogP contribution in [0.15, 0.2) is 32.7 Å². The summed E-state index contributed by atoms with van der Waals surface area (Å²) in [5, 5.41) is 0.0130. The molecule has 1 amide bonds. The van der Waals surface area contributed by atoms with Crippen molar-refractivity contribution in [3.8, 4) is 0 Å². The van der Waals surface area contributed by atoms with Gasteiger partial charge in [0.05, 0.1) is 5.02 Å². The number of benzene rings is 1. The van der Waals surface area contributed by atoms with Crippen LogP contribution in [0, 0.1) is 0 Å². The highest BCUT2D eigenvalue weighted by molar-refractivity contribution is 7.89. The summed E-state index contributed by atoms with van der Waals surface area (Å²) in [5.74, 6) is -0.707. The third-order valence-corrected chi connectivity index (χ3v) is 8.44. The van der Waals surface area contributed by atoms with Crippen LogP contribution in [0.25, 0.3) is 0 Å². The van der Waals surface area contributed by atoms with E-state index in [0.29, 0.717) is 32.5 Å². The lowest BCUT2D eigenvalue weighted by Gasteiger charge is -2.25. The Bertz CT molecular complexity index is 1300. The van der Waals surface area contributed by atoms with Gasteiger partial charge in [0.1, 0.15) is 10.7 Å². The Morgan fingerprint density at radius 3 is 2.43 bits per heavy atom. The number of aromatic nitrogens is 2. The highest BCUT2D eigenvalue weighted by Gasteiger charge is 2.31. The fourth-order valence-electron chi connectivity index (χ4n) is 4.07. The molecule has 0 atom stereocenters. The Kier molecular flexibility index (Phi) is 8.79. The first kappa shape index (κ1) is 27.0. The van der Waals surface area contributed by atoms with Gasteiger partial charge in [-0.1, -0.05) is 38.3 Å². The van der Waals surface area contributed by atoms with Crippen molar-refractivity contribution in [1.29, 1.82) is 0 Å². The zero-order chi connectivity index (χ0) is 25.8. The van der Waals surface area contributed by atoms with Crippen LogP contribution in [-0.2, 0) is 16.6 Å². The molecule has 1 aromatic heterocycles. The number of nitrogens with one attached hydrogen (secondary N) is 1. The van der Waals surface area contributed by atoms with Crippen LogP contribution >= 0.6 is 11.6 Å². The van der Waals surface area contributed by atoms with Gasteiger partial charge >= 0.3 is 5.69 Å². The summed E-state index contributed by atoms with van der Waals surface area (Å²) in [6.07, 6.45) is 4.27. The van der Waals surface area contributed by atoms with E-state index >= 15 is 0 Å². The first-order chi connectivity index (χ1) is 16.6. The molecular formula is C23H32ClN5O5S. The number of carbonyl (C=O) groups is 1. The smallest absolute Gasteiger partial charge is 0.330 e. The second kappa shape index (κ2) is 11.4. The maximum absolute atomic E-state index is 13.7. The van der Waals surface area contributed by atoms with Crippen LogP contribution in [0.1, 0.15) is 62.7 Å². The number of halogens is 1. The number of sulfonamides is 1. The van der Waals surface area contributed by atoms with Gasteiger partial charge in [-0.3, -0.25) is 19.1 Å². The maximum Gasteiger partial charge on any atom is 0.330 e. The van der Waals surface area contributed by atoms with Crippen LogP contribution < -0.4 is 21.9 Å². The second-order valence-corrected chi connectivity index (χ2v) is 10.9. The molecule has 0 radical (unpaired) electrons. The van der Waals surface area contributed by atoms with Crippen LogP contribution in [0.2, 0.25) is 5.02 Å². The zero-order valence-electron chi connectivity index (χ0n) is 20.0. The van der Waals surface area contributed by atoms with Crippen molar-refractivity contribution >= 4 is 39.0 Å². The SMILES string of the molecule is CCCCN(C(=O)c1ccc(Cl)c(S(=O)(=O)N2CCCC2)c1)c1c(N)n(CCCC)c(=O)[nH]c1=O. The Hall–Kier alpha value is -2.63. The number of hydrogen-bond donors (Lipinski definition) is 2. The van der Waals surface area contributed by atoms with E-state index < -0.39 is 27.2 Å². The van der Waals surface area contributed by atoms with Gasteiger partial charge in [0.2, 0.25) is 10.0 Å². The number of amides is 1. The average molecular weight is 526 g/mol. The molecule has 0 unspecified atom stereocenters. The van der Waals surface area contributed by atoms with Crippen molar-refractivity contribution in [1.82, 2.24) is 13.9 Å². The fourth-order valence-corrected chi connectivity index (χ4v) is 6.08. The zero-order valence-corrected chi connectivity index (χ0v) is 21.6. The number of aromatic amines is 1. The predicted molar refractivity (Wildman–Crippen MR) is 137 cm³/mol. The minimum absolute atomic E-state index is 0.0130. The molecule has 0 spiro atoms. The molecule has 10 nitrogen and oxygen atoms in total. The summed E-state index contributed by atoms with van der Waals surface area (Å²) in [5.41, 5.74) is 4.75. The fraction of sp³-hybridized carbons (Fsp3) is 0.522. The lowest BCUT2D eigenvalue weighted by molar-refractivity contribution is 0.0986. The standard InChI is InChI=1S/C23H32ClN5O5S/c1-3-5-13-28(19-20(25)29(14-6-4-2)23(32)26-21(19)30)22(31)16-9-10-17(24)18(15-16)35(33,34)27-11-7-8-12-27/h9-10,15H,3-8,11-14,25H2,1-2H3,(H,26,30,32). The molecular weight excluding hydrogens is 494 g/mol. The number of anilines is 2. The van der Waals surface area contributed by atoms with Crippen molar-refractivity contribution < 1.29 is 13.2 Å². The number of nitrogens with two attached hydrogens (primary N) is 1. The van der Waals surface area contributed by atoms with Gasteiger partial charge in [-0.2, -0.15) is 4.31 Å². The van der Waals surface area contributed by atoms with Crippen LogP contribution in [0.4, 0.5) is 11.5 Å². The van der Waals surface area contributed by atoms with Gasteiger partial charge in [0, 0.05) is 31.7 Å². The summed E-state index contributed by atoms with van der Waals surface area (Å²) in [6.45, 7) is 5.13. The van der Waals surface area contributed by atoms with E-state index in [1.807, 2.05) is 13.8 Å². The lowest BCUT2D eigenvalue weighted by atomic mass is 10.1. The van der Waals surface area contributed by atoms with Gasteiger partial charge in [-0.15, -0.1) is 0 Å². The van der Waals surface area contributed by atoms with Crippen molar-refractivity contribution in [3.05, 3.63) is 49.6 Å². The van der Waals surface area contributed by atoms with Crippen LogP contribution in [-0.4, -0.2) is 47.8 Å². The Morgan fingerprint density at radius 2 is 1.80 bits per heavy atom. The van der Waals surface area contributed by atoms with Gasteiger partial charge in [0.25, 0.3) is 11.5 Å². The van der Waals surface area contributed by atoms with Crippen LogP contribution in [0.3, 0.4) is 0 Å². The second-order valence-electron chi connectivity index (χ2n) is 8.57. The van der Waals surface area contributed by atoms with E-state index in [1.165, 1.54) is 32.0 Å². The molecule has 3 rings (SSSR count). The van der Waals surface area contributed by atoms with E-state index in [-0.39, 0.29) is 33.5 Å². The first-order valence-electron chi connectivity index (χ1n) is 11.9. The molecule has 1 aromatic carbocycles. The number of hydrogen-bond acceptors (Lipinski definition) is 6. The van der Waals surface area contributed by atoms with Crippen molar-refractivity contribution in [2.75, 3.05) is 30.3 Å². The van der Waals surface area contributed by atoms with Gasteiger partial charge in [-0.25, -0.2) is 13.2 Å². The van der Waals surface area contributed by atoms with E-state index in [1.54, 1.807) is 0 Å². The Balaban J connectivity index is 2.10. The first-order valence-corrected chi connectivity index (χ1v) is 13.7. The van der Waals surface area contributed by atoms with E-state index in [2.05, 4.69) is 4.98 Å².